The summed E-state index contributed by atoms with van der Waals surface area (Å²) in [6, 6.07) is 7.86. The first-order valence-electron chi connectivity index (χ1n) is 6.59. The normalized spacial score (nSPS) is 10.5. The fraction of sp³-hybridized carbons (Fsp3) is 0.357. The molecule has 0 aliphatic heterocycles. The van der Waals surface area contributed by atoms with Crippen molar-refractivity contribution in [3.8, 4) is 6.01 Å². The second kappa shape index (κ2) is 7.43. The Balaban J connectivity index is 2.16. The maximum Gasteiger partial charge on any atom is 0.322 e. The molecule has 2 rings (SSSR count). The van der Waals surface area contributed by atoms with Crippen molar-refractivity contribution in [1.29, 1.82) is 0 Å². The lowest BCUT2D eigenvalue weighted by molar-refractivity contribution is 0.291. The summed E-state index contributed by atoms with van der Waals surface area (Å²) in [6.45, 7) is 3.11. The Morgan fingerprint density at radius 1 is 1.14 bits per heavy atom. The van der Waals surface area contributed by atoms with E-state index in [1.807, 2.05) is 43.1 Å². The van der Waals surface area contributed by atoms with Crippen LogP contribution in [0.3, 0.4) is 0 Å². The topological polar surface area (TPSA) is 51.1 Å². The molecule has 0 N–H and O–H groups in total. The number of benzene rings is 1. The van der Waals surface area contributed by atoms with Gasteiger partial charge >= 0.3 is 6.01 Å². The Bertz CT molecular complexity index is 609. The fourth-order valence-electron chi connectivity index (χ4n) is 1.70. The van der Waals surface area contributed by atoms with Gasteiger partial charge in [-0.15, -0.1) is 0 Å². The van der Waals surface area contributed by atoms with Crippen LogP contribution in [0.15, 0.2) is 24.3 Å². The van der Waals surface area contributed by atoms with Crippen LogP contribution in [0.4, 0.5) is 5.95 Å². The van der Waals surface area contributed by atoms with Crippen molar-refractivity contribution in [3.63, 3.8) is 0 Å². The molecule has 0 bridgehead atoms. The minimum absolute atomic E-state index is 0.108. The van der Waals surface area contributed by atoms with Crippen molar-refractivity contribution in [3.05, 3.63) is 40.1 Å². The molecular formula is C14H16Cl2N4O. The molecule has 7 heteroatoms. The Labute approximate surface area is 133 Å². The Morgan fingerprint density at radius 2 is 1.90 bits per heavy atom. The van der Waals surface area contributed by atoms with Crippen molar-refractivity contribution in [2.24, 2.45) is 0 Å². The van der Waals surface area contributed by atoms with Gasteiger partial charge in [0.1, 0.15) is 0 Å². The molecule has 0 atom stereocenters. The second-order valence-electron chi connectivity index (χ2n) is 4.48. The third-order valence-electron chi connectivity index (χ3n) is 2.72. The Hall–Kier alpha value is -1.59. The number of halogens is 2. The van der Waals surface area contributed by atoms with Crippen LogP contribution in [-0.4, -0.2) is 28.6 Å². The summed E-state index contributed by atoms with van der Waals surface area (Å²) in [6.07, 6.45) is 0.869. The molecule has 0 aliphatic rings. The Morgan fingerprint density at radius 3 is 2.62 bits per heavy atom. The molecule has 0 amide bonds. The number of anilines is 1. The predicted octanol–water partition coefficient (Wildman–Crippen LogP) is 3.60. The van der Waals surface area contributed by atoms with Gasteiger partial charge in [-0.2, -0.15) is 15.0 Å². The van der Waals surface area contributed by atoms with Crippen molar-refractivity contribution in [2.75, 3.05) is 18.6 Å². The van der Waals surface area contributed by atoms with E-state index in [0.29, 0.717) is 24.1 Å². The Kier molecular flexibility index (Phi) is 5.59. The molecule has 1 heterocycles. The lowest BCUT2D eigenvalue weighted by atomic mass is 10.2. The number of ether oxygens (including phenoxy) is 1. The first-order valence-corrected chi connectivity index (χ1v) is 7.34. The van der Waals surface area contributed by atoms with Gasteiger partial charge < -0.3 is 9.64 Å². The zero-order valence-electron chi connectivity index (χ0n) is 11.9. The van der Waals surface area contributed by atoms with Gasteiger partial charge in [-0.1, -0.05) is 36.7 Å². The maximum atomic E-state index is 6.16. The van der Waals surface area contributed by atoms with Gasteiger partial charge in [0.25, 0.3) is 0 Å². The van der Waals surface area contributed by atoms with Gasteiger partial charge in [-0.3, -0.25) is 0 Å². The van der Waals surface area contributed by atoms with Gasteiger partial charge in [0.05, 0.1) is 6.61 Å². The average Bonchev–Trinajstić information content (AvgIpc) is 2.47. The van der Waals surface area contributed by atoms with Gasteiger partial charge in [0, 0.05) is 18.6 Å². The predicted molar refractivity (Wildman–Crippen MR) is 84.2 cm³/mol. The molecule has 112 valence electrons. The van der Waals surface area contributed by atoms with E-state index in [0.717, 1.165) is 12.0 Å². The number of aromatic nitrogens is 3. The first-order chi connectivity index (χ1) is 10.1. The molecule has 0 aliphatic carbocycles. The number of rotatable bonds is 6. The SMILES string of the molecule is CCCOc1nc(Cl)nc(N(C)Cc2ccccc2Cl)n1. The zero-order valence-corrected chi connectivity index (χ0v) is 13.4. The van der Waals surface area contributed by atoms with E-state index in [2.05, 4.69) is 15.0 Å². The molecule has 0 saturated heterocycles. The maximum absolute atomic E-state index is 6.16. The molecular weight excluding hydrogens is 311 g/mol. The van der Waals surface area contributed by atoms with E-state index in [9.17, 15) is 0 Å². The molecule has 0 saturated carbocycles. The van der Waals surface area contributed by atoms with Crippen LogP contribution in [0.2, 0.25) is 10.3 Å². The van der Waals surface area contributed by atoms with E-state index in [-0.39, 0.29) is 11.3 Å². The van der Waals surface area contributed by atoms with Crippen molar-refractivity contribution in [2.45, 2.75) is 19.9 Å². The molecule has 21 heavy (non-hydrogen) atoms. The largest absolute Gasteiger partial charge is 0.463 e. The van der Waals surface area contributed by atoms with Gasteiger partial charge in [0.2, 0.25) is 11.2 Å². The zero-order chi connectivity index (χ0) is 15.2. The highest BCUT2D eigenvalue weighted by molar-refractivity contribution is 6.31. The summed E-state index contributed by atoms with van der Waals surface area (Å²) >= 11 is 12.1. The highest BCUT2D eigenvalue weighted by Gasteiger charge is 2.12. The summed E-state index contributed by atoms with van der Waals surface area (Å²) < 4.78 is 5.40. The highest BCUT2D eigenvalue weighted by atomic mass is 35.5. The van der Waals surface area contributed by atoms with Crippen LogP contribution in [0.1, 0.15) is 18.9 Å². The average molecular weight is 327 g/mol. The molecule has 0 fully saturated rings. The van der Waals surface area contributed by atoms with Crippen LogP contribution < -0.4 is 9.64 Å². The summed E-state index contributed by atoms with van der Waals surface area (Å²) in [5.41, 5.74) is 0.981. The third kappa shape index (κ3) is 4.44. The van der Waals surface area contributed by atoms with Crippen molar-refractivity contribution < 1.29 is 4.74 Å². The second-order valence-corrected chi connectivity index (χ2v) is 5.23. The van der Waals surface area contributed by atoms with E-state index in [1.165, 1.54) is 0 Å². The van der Waals surface area contributed by atoms with E-state index in [1.54, 1.807) is 0 Å². The van der Waals surface area contributed by atoms with Crippen LogP contribution >= 0.6 is 23.2 Å². The number of hydrogen-bond acceptors (Lipinski definition) is 5. The third-order valence-corrected chi connectivity index (χ3v) is 3.26. The smallest absolute Gasteiger partial charge is 0.322 e. The number of nitrogens with zero attached hydrogens (tertiary/aromatic N) is 4. The van der Waals surface area contributed by atoms with Crippen molar-refractivity contribution in [1.82, 2.24) is 15.0 Å². The molecule has 2 aromatic rings. The standard InChI is InChI=1S/C14H16Cl2N4O/c1-3-8-21-14-18-12(16)17-13(19-14)20(2)9-10-6-4-5-7-11(10)15/h4-7H,3,8-9H2,1-2H3. The lowest BCUT2D eigenvalue weighted by Gasteiger charge is -2.18. The minimum atomic E-state index is 0.108. The van der Waals surface area contributed by atoms with E-state index < -0.39 is 0 Å². The fourth-order valence-corrected chi connectivity index (χ4v) is 2.05. The first kappa shape index (κ1) is 15.8. The van der Waals surface area contributed by atoms with Gasteiger partial charge in [-0.25, -0.2) is 0 Å². The van der Waals surface area contributed by atoms with E-state index >= 15 is 0 Å². The van der Waals surface area contributed by atoms with Crippen LogP contribution in [0.25, 0.3) is 0 Å². The summed E-state index contributed by atoms with van der Waals surface area (Å²) in [5, 5.41) is 0.809. The monoisotopic (exact) mass is 326 g/mol. The van der Waals surface area contributed by atoms with Crippen LogP contribution in [-0.2, 0) is 6.54 Å². The van der Waals surface area contributed by atoms with Crippen LogP contribution in [0, 0.1) is 0 Å². The quantitative estimate of drug-likeness (QED) is 0.811. The lowest BCUT2D eigenvalue weighted by Crippen LogP contribution is -2.20. The highest BCUT2D eigenvalue weighted by Crippen LogP contribution is 2.20. The van der Waals surface area contributed by atoms with E-state index in [4.69, 9.17) is 27.9 Å². The number of hydrogen-bond donors (Lipinski definition) is 0. The molecule has 1 aromatic heterocycles. The van der Waals surface area contributed by atoms with Crippen molar-refractivity contribution >= 4 is 29.2 Å². The molecule has 0 spiro atoms. The van der Waals surface area contributed by atoms with Crippen LogP contribution in [0.5, 0.6) is 6.01 Å². The minimum Gasteiger partial charge on any atom is -0.463 e. The van der Waals surface area contributed by atoms with Gasteiger partial charge in [0.15, 0.2) is 0 Å². The summed E-state index contributed by atoms with van der Waals surface area (Å²) in [5.74, 6) is 0.445. The molecule has 1 aromatic carbocycles. The van der Waals surface area contributed by atoms with Gasteiger partial charge in [-0.05, 0) is 29.7 Å². The molecule has 5 nitrogen and oxygen atoms in total. The molecule has 0 unspecified atom stereocenters. The molecule has 0 radical (unpaired) electrons. The summed E-state index contributed by atoms with van der Waals surface area (Å²) in [7, 11) is 1.86. The summed E-state index contributed by atoms with van der Waals surface area (Å²) in [4.78, 5) is 14.2.